The van der Waals surface area contributed by atoms with Crippen LogP contribution in [0.25, 0.3) is 0 Å². The predicted octanol–water partition coefficient (Wildman–Crippen LogP) is 4.14. The maximum absolute atomic E-state index is 12.5. The summed E-state index contributed by atoms with van der Waals surface area (Å²) in [6.07, 6.45) is -2.12. The summed E-state index contributed by atoms with van der Waals surface area (Å²) in [5.74, 6) is 0. The van der Waals surface area contributed by atoms with Crippen molar-refractivity contribution >= 4 is 23.6 Å². The number of nitro groups is 1. The Hall–Kier alpha value is -3.15. The Morgan fingerprint density at radius 1 is 1.08 bits per heavy atom. The third-order valence-electron chi connectivity index (χ3n) is 2.70. The topological polar surface area (TPSA) is 123 Å². The Kier molecular flexibility index (Phi) is 5.94. The van der Waals surface area contributed by atoms with Crippen molar-refractivity contribution in [3.8, 4) is 6.07 Å². The second-order valence-electron chi connectivity index (χ2n) is 7.37. The number of benzene rings is 1. The van der Waals surface area contributed by atoms with Crippen molar-refractivity contribution in [2.75, 3.05) is 4.90 Å². The first-order valence-electron chi connectivity index (χ1n) is 7.70. The molecule has 1 rings (SSSR count). The number of ether oxygens (including phenoxy) is 2. The van der Waals surface area contributed by atoms with Crippen LogP contribution in [0, 0.1) is 21.4 Å². The third-order valence-corrected chi connectivity index (χ3v) is 2.70. The van der Waals surface area contributed by atoms with Crippen LogP contribution in [0.2, 0.25) is 0 Å². The van der Waals surface area contributed by atoms with Crippen molar-refractivity contribution in [3.05, 3.63) is 33.9 Å². The SMILES string of the molecule is CC(C)(C)OC(=O)N(C(=O)OC(C)(C)C)c1ccc([N+](=O)[O-])cc1C#N. The van der Waals surface area contributed by atoms with Crippen molar-refractivity contribution in [1.29, 1.82) is 5.26 Å². The predicted molar refractivity (Wildman–Crippen MR) is 92.8 cm³/mol. The number of imide groups is 1. The summed E-state index contributed by atoms with van der Waals surface area (Å²) in [6, 6.07) is 4.93. The van der Waals surface area contributed by atoms with E-state index in [2.05, 4.69) is 0 Å². The molecule has 0 bridgehead atoms. The molecule has 0 radical (unpaired) electrons. The Bertz CT molecular complexity index is 740. The lowest BCUT2D eigenvalue weighted by Gasteiger charge is -2.28. The highest BCUT2D eigenvalue weighted by Crippen LogP contribution is 2.28. The van der Waals surface area contributed by atoms with Crippen molar-refractivity contribution in [2.24, 2.45) is 0 Å². The minimum absolute atomic E-state index is 0.165. The number of non-ortho nitro benzene ring substituents is 1. The van der Waals surface area contributed by atoms with Crippen LogP contribution in [0.15, 0.2) is 18.2 Å². The van der Waals surface area contributed by atoms with E-state index in [1.54, 1.807) is 47.6 Å². The van der Waals surface area contributed by atoms with E-state index >= 15 is 0 Å². The van der Waals surface area contributed by atoms with Gasteiger partial charge in [-0.3, -0.25) is 10.1 Å². The highest BCUT2D eigenvalue weighted by molar-refractivity contribution is 6.10. The lowest BCUT2D eigenvalue weighted by atomic mass is 10.1. The van der Waals surface area contributed by atoms with Gasteiger partial charge in [-0.25, -0.2) is 9.59 Å². The van der Waals surface area contributed by atoms with Gasteiger partial charge in [0.1, 0.15) is 17.3 Å². The summed E-state index contributed by atoms with van der Waals surface area (Å²) in [6.45, 7) is 9.66. The lowest BCUT2D eigenvalue weighted by molar-refractivity contribution is -0.384. The van der Waals surface area contributed by atoms with Gasteiger partial charge in [0.05, 0.1) is 16.2 Å². The molecule has 0 atom stereocenters. The van der Waals surface area contributed by atoms with Crippen molar-refractivity contribution in [2.45, 2.75) is 52.7 Å². The summed E-state index contributed by atoms with van der Waals surface area (Å²) in [7, 11) is 0. The largest absolute Gasteiger partial charge is 0.443 e. The summed E-state index contributed by atoms with van der Waals surface area (Å²) in [4.78, 5) is 35.8. The summed E-state index contributed by atoms with van der Waals surface area (Å²) in [5, 5.41) is 20.2. The number of anilines is 1. The molecular formula is C17H21N3O6. The van der Waals surface area contributed by atoms with Gasteiger partial charge in [-0.1, -0.05) is 0 Å². The van der Waals surface area contributed by atoms with Gasteiger partial charge in [-0.15, -0.1) is 0 Å². The van der Waals surface area contributed by atoms with Gasteiger partial charge >= 0.3 is 12.2 Å². The molecule has 0 aliphatic carbocycles. The van der Waals surface area contributed by atoms with Gasteiger partial charge < -0.3 is 9.47 Å². The molecule has 0 heterocycles. The van der Waals surface area contributed by atoms with Crippen LogP contribution in [-0.4, -0.2) is 28.3 Å². The fourth-order valence-corrected chi connectivity index (χ4v) is 1.81. The van der Waals surface area contributed by atoms with E-state index in [1.807, 2.05) is 0 Å². The Balaban J connectivity index is 3.45. The Morgan fingerprint density at radius 2 is 1.54 bits per heavy atom. The molecule has 1 aromatic rings. The third kappa shape index (κ3) is 5.73. The molecule has 0 saturated carbocycles. The zero-order valence-corrected chi connectivity index (χ0v) is 15.5. The zero-order chi connectivity index (χ0) is 20.3. The van der Waals surface area contributed by atoms with Crippen LogP contribution < -0.4 is 4.90 Å². The molecule has 9 heteroatoms. The minimum Gasteiger partial charge on any atom is -0.443 e. The highest BCUT2D eigenvalue weighted by Gasteiger charge is 2.34. The minimum atomic E-state index is -1.06. The average Bonchev–Trinajstić information content (AvgIpc) is 2.43. The number of nitriles is 1. The summed E-state index contributed by atoms with van der Waals surface area (Å²) < 4.78 is 10.4. The summed E-state index contributed by atoms with van der Waals surface area (Å²) >= 11 is 0. The van der Waals surface area contributed by atoms with Crippen LogP contribution in [0.1, 0.15) is 47.1 Å². The van der Waals surface area contributed by atoms with Gasteiger partial charge in [0.25, 0.3) is 5.69 Å². The molecule has 26 heavy (non-hydrogen) atoms. The van der Waals surface area contributed by atoms with Gasteiger partial charge in [-0.05, 0) is 47.6 Å². The first kappa shape index (κ1) is 20.9. The van der Waals surface area contributed by atoms with Crippen molar-refractivity contribution in [1.82, 2.24) is 0 Å². The zero-order valence-electron chi connectivity index (χ0n) is 15.5. The summed E-state index contributed by atoms with van der Waals surface area (Å²) in [5.41, 5.74) is -2.58. The molecule has 9 nitrogen and oxygen atoms in total. The molecule has 140 valence electrons. The average molecular weight is 363 g/mol. The van der Waals surface area contributed by atoms with Crippen molar-refractivity contribution < 1.29 is 24.0 Å². The van der Waals surface area contributed by atoms with Crippen molar-refractivity contribution in [3.63, 3.8) is 0 Å². The maximum atomic E-state index is 12.5. The molecule has 2 amide bonds. The van der Waals surface area contributed by atoms with Gasteiger partial charge in [-0.2, -0.15) is 10.2 Å². The number of nitrogens with zero attached hydrogens (tertiary/aromatic N) is 3. The number of hydrogen-bond acceptors (Lipinski definition) is 7. The number of carbonyl (C=O) groups is 2. The molecule has 0 N–H and O–H groups in total. The van der Waals surface area contributed by atoms with E-state index in [9.17, 15) is 25.0 Å². The van der Waals surface area contributed by atoms with Gasteiger partial charge in [0.15, 0.2) is 0 Å². The maximum Gasteiger partial charge on any atom is 0.424 e. The van der Waals surface area contributed by atoms with Crippen LogP contribution in [0.3, 0.4) is 0 Å². The molecule has 0 aliphatic heterocycles. The molecule has 0 aliphatic rings. The normalized spacial score (nSPS) is 11.3. The van der Waals surface area contributed by atoms with E-state index in [-0.39, 0.29) is 16.9 Å². The van der Waals surface area contributed by atoms with E-state index < -0.39 is 28.3 Å². The first-order chi connectivity index (χ1) is 11.7. The molecule has 0 spiro atoms. The molecule has 1 aromatic carbocycles. The first-order valence-corrected chi connectivity index (χ1v) is 7.70. The fraction of sp³-hybridized carbons (Fsp3) is 0.471. The quantitative estimate of drug-likeness (QED) is 0.571. The molecular weight excluding hydrogens is 342 g/mol. The number of nitro benzene ring substituents is 1. The Morgan fingerprint density at radius 3 is 1.88 bits per heavy atom. The monoisotopic (exact) mass is 363 g/mol. The second kappa shape index (κ2) is 7.39. The van der Waals surface area contributed by atoms with Crippen LogP contribution in [0.5, 0.6) is 0 Å². The van der Waals surface area contributed by atoms with E-state index in [0.29, 0.717) is 4.90 Å². The van der Waals surface area contributed by atoms with Gasteiger partial charge in [0, 0.05) is 12.1 Å². The number of hydrogen-bond donors (Lipinski definition) is 0. The lowest BCUT2D eigenvalue weighted by Crippen LogP contribution is -2.44. The van der Waals surface area contributed by atoms with E-state index in [0.717, 1.165) is 18.2 Å². The smallest absolute Gasteiger partial charge is 0.424 e. The molecule has 0 unspecified atom stereocenters. The van der Waals surface area contributed by atoms with E-state index in [1.165, 1.54) is 0 Å². The van der Waals surface area contributed by atoms with Crippen LogP contribution in [0.4, 0.5) is 21.0 Å². The standard InChI is InChI=1S/C17H21N3O6/c1-16(2,3)25-14(21)19(15(22)26-17(4,5)6)13-8-7-12(20(23)24)9-11(13)10-18/h7-9H,1-6H3. The van der Waals surface area contributed by atoms with Crippen LogP contribution >= 0.6 is 0 Å². The fourth-order valence-electron chi connectivity index (χ4n) is 1.81. The highest BCUT2D eigenvalue weighted by atomic mass is 16.6. The van der Waals surface area contributed by atoms with E-state index in [4.69, 9.17) is 9.47 Å². The number of carbonyl (C=O) groups excluding carboxylic acids is 2. The number of rotatable bonds is 2. The number of amides is 2. The molecule has 0 saturated heterocycles. The molecule has 0 aromatic heterocycles. The Labute approximate surface area is 151 Å². The molecule has 0 fully saturated rings. The van der Waals surface area contributed by atoms with Crippen LogP contribution in [-0.2, 0) is 9.47 Å². The van der Waals surface area contributed by atoms with Gasteiger partial charge in [0.2, 0.25) is 0 Å². The second-order valence-corrected chi connectivity index (χ2v) is 7.37.